The molecule has 0 heterocycles. The van der Waals surface area contributed by atoms with E-state index in [0.717, 1.165) is 19.4 Å². The van der Waals surface area contributed by atoms with Crippen molar-refractivity contribution in [2.45, 2.75) is 32.5 Å². The minimum Gasteiger partial charge on any atom is -0.368 e. The molecule has 0 amide bonds. The van der Waals surface area contributed by atoms with Crippen LogP contribution in [0.15, 0.2) is 0 Å². The lowest BCUT2D eigenvalue weighted by Crippen LogP contribution is -2.15. The van der Waals surface area contributed by atoms with E-state index in [1.807, 2.05) is 6.92 Å². The second-order valence-corrected chi connectivity index (χ2v) is 3.24. The molecule has 0 aromatic heterocycles. The van der Waals surface area contributed by atoms with Crippen LogP contribution in [0.4, 0.5) is 0 Å². The number of aliphatic hydroxyl groups is 1. The van der Waals surface area contributed by atoms with Crippen molar-refractivity contribution < 1.29 is 9.84 Å². The van der Waals surface area contributed by atoms with Gasteiger partial charge in [-0.2, -0.15) is 0 Å². The Kier molecular flexibility index (Phi) is 7.45. The number of unbranched alkanes of at least 4 members (excludes halogenated alkanes) is 1. The number of ether oxygens (including phenoxy) is 1. The van der Waals surface area contributed by atoms with E-state index < -0.39 is 6.29 Å². The minimum atomic E-state index is -0.565. The summed E-state index contributed by atoms with van der Waals surface area (Å²) in [6, 6.07) is 0. The normalized spacial score (nSPS) is 13.8. The largest absolute Gasteiger partial charge is 0.368 e. The van der Waals surface area contributed by atoms with Crippen LogP contribution in [0.2, 0.25) is 0 Å². The van der Waals surface area contributed by atoms with Crippen molar-refractivity contribution >= 4 is 0 Å². The van der Waals surface area contributed by atoms with Gasteiger partial charge in [0.1, 0.15) is 0 Å². The quantitative estimate of drug-likeness (QED) is 0.464. The third-order valence-electron chi connectivity index (χ3n) is 1.66. The topological polar surface area (TPSA) is 32.7 Å². The van der Waals surface area contributed by atoms with Gasteiger partial charge in [-0.15, -0.1) is 0 Å². The molecule has 0 spiro atoms. The van der Waals surface area contributed by atoms with Crippen molar-refractivity contribution in [2.24, 2.45) is 0 Å². The molecule has 3 nitrogen and oxygen atoms in total. The predicted octanol–water partition coefficient (Wildman–Crippen LogP) is 1.07. The Morgan fingerprint density at radius 3 is 2.50 bits per heavy atom. The lowest BCUT2D eigenvalue weighted by molar-refractivity contribution is -0.101. The molecule has 0 radical (unpaired) electrons. The van der Waals surface area contributed by atoms with Gasteiger partial charge >= 0.3 is 0 Å². The van der Waals surface area contributed by atoms with Crippen molar-refractivity contribution in [2.75, 3.05) is 27.2 Å². The van der Waals surface area contributed by atoms with Crippen LogP contribution in [0.5, 0.6) is 0 Å². The van der Waals surface area contributed by atoms with Gasteiger partial charge in [0.05, 0.1) is 0 Å². The molecule has 0 rings (SSSR count). The monoisotopic (exact) mass is 175 g/mol. The van der Waals surface area contributed by atoms with E-state index in [2.05, 4.69) is 19.0 Å². The van der Waals surface area contributed by atoms with Crippen LogP contribution in [0, 0.1) is 0 Å². The zero-order valence-corrected chi connectivity index (χ0v) is 8.42. The SMILES string of the molecule is CCC(O)OCCCCN(C)C. The summed E-state index contributed by atoms with van der Waals surface area (Å²) in [5, 5.41) is 9.03. The Balaban J connectivity index is 3.00. The summed E-state index contributed by atoms with van der Waals surface area (Å²) < 4.78 is 5.11. The fourth-order valence-electron chi connectivity index (χ4n) is 0.867. The lowest BCUT2D eigenvalue weighted by Gasteiger charge is -2.11. The summed E-state index contributed by atoms with van der Waals surface area (Å²) in [5.41, 5.74) is 0. The maximum Gasteiger partial charge on any atom is 0.154 e. The second kappa shape index (κ2) is 7.53. The molecule has 0 fully saturated rings. The second-order valence-electron chi connectivity index (χ2n) is 3.24. The average Bonchev–Trinajstić information content (AvgIpc) is 2.03. The molecule has 0 aliphatic rings. The average molecular weight is 175 g/mol. The van der Waals surface area contributed by atoms with Gasteiger partial charge in [-0.05, 0) is 39.9 Å². The summed E-state index contributed by atoms with van der Waals surface area (Å²) in [6.45, 7) is 3.67. The van der Waals surface area contributed by atoms with E-state index in [0.29, 0.717) is 13.0 Å². The van der Waals surface area contributed by atoms with Crippen molar-refractivity contribution in [3.05, 3.63) is 0 Å². The fourth-order valence-corrected chi connectivity index (χ4v) is 0.867. The Bertz CT molecular complexity index is 96.5. The summed E-state index contributed by atoms with van der Waals surface area (Å²) in [5.74, 6) is 0. The number of hydrogen-bond donors (Lipinski definition) is 1. The first-order valence-electron chi connectivity index (χ1n) is 4.61. The molecule has 0 aromatic carbocycles. The molecule has 1 N–H and O–H groups in total. The maximum atomic E-state index is 9.03. The standard InChI is InChI=1S/C9H21NO2/c1-4-9(11)12-8-6-5-7-10(2)3/h9,11H,4-8H2,1-3H3. The first kappa shape index (κ1) is 11.9. The van der Waals surface area contributed by atoms with E-state index in [9.17, 15) is 0 Å². The van der Waals surface area contributed by atoms with Crippen LogP contribution >= 0.6 is 0 Å². The first-order chi connectivity index (χ1) is 5.66. The summed E-state index contributed by atoms with van der Waals surface area (Å²) in [6.07, 6.45) is 2.26. The van der Waals surface area contributed by atoms with Crippen LogP contribution in [0.1, 0.15) is 26.2 Å². The number of rotatable bonds is 7. The van der Waals surface area contributed by atoms with Gasteiger partial charge in [0.2, 0.25) is 0 Å². The van der Waals surface area contributed by atoms with Gasteiger partial charge in [0, 0.05) is 6.61 Å². The zero-order chi connectivity index (χ0) is 9.40. The predicted molar refractivity (Wildman–Crippen MR) is 50.0 cm³/mol. The van der Waals surface area contributed by atoms with Crippen molar-refractivity contribution in [3.63, 3.8) is 0 Å². The van der Waals surface area contributed by atoms with Crippen LogP contribution in [0.3, 0.4) is 0 Å². The van der Waals surface area contributed by atoms with E-state index in [1.165, 1.54) is 0 Å². The Morgan fingerprint density at radius 1 is 1.33 bits per heavy atom. The molecule has 0 aliphatic heterocycles. The third-order valence-corrected chi connectivity index (χ3v) is 1.66. The van der Waals surface area contributed by atoms with E-state index in [1.54, 1.807) is 0 Å². The van der Waals surface area contributed by atoms with Gasteiger partial charge in [0.25, 0.3) is 0 Å². The molecule has 0 saturated heterocycles. The molecule has 0 bridgehead atoms. The van der Waals surface area contributed by atoms with Gasteiger partial charge in [0.15, 0.2) is 6.29 Å². The van der Waals surface area contributed by atoms with Gasteiger partial charge in [-0.3, -0.25) is 0 Å². The third kappa shape index (κ3) is 7.98. The highest BCUT2D eigenvalue weighted by atomic mass is 16.6. The van der Waals surface area contributed by atoms with E-state index >= 15 is 0 Å². The van der Waals surface area contributed by atoms with Crippen molar-refractivity contribution in [3.8, 4) is 0 Å². The lowest BCUT2D eigenvalue weighted by atomic mass is 10.3. The van der Waals surface area contributed by atoms with Gasteiger partial charge in [-0.25, -0.2) is 0 Å². The number of nitrogens with zero attached hydrogens (tertiary/aromatic N) is 1. The van der Waals surface area contributed by atoms with Gasteiger partial charge < -0.3 is 14.7 Å². The molecule has 1 unspecified atom stereocenters. The Labute approximate surface area is 75.3 Å². The Morgan fingerprint density at radius 2 is 2.00 bits per heavy atom. The van der Waals surface area contributed by atoms with Gasteiger partial charge in [-0.1, -0.05) is 6.92 Å². The van der Waals surface area contributed by atoms with Crippen LogP contribution in [-0.2, 0) is 4.74 Å². The zero-order valence-electron chi connectivity index (χ0n) is 8.42. The van der Waals surface area contributed by atoms with E-state index in [4.69, 9.17) is 9.84 Å². The number of aliphatic hydroxyl groups excluding tert-OH is 1. The molecule has 12 heavy (non-hydrogen) atoms. The molecule has 0 aromatic rings. The highest BCUT2D eigenvalue weighted by Gasteiger charge is 1.98. The van der Waals surface area contributed by atoms with Crippen LogP contribution < -0.4 is 0 Å². The molecule has 0 saturated carbocycles. The number of hydrogen-bond acceptors (Lipinski definition) is 3. The maximum absolute atomic E-state index is 9.03. The summed E-state index contributed by atoms with van der Waals surface area (Å²) in [4.78, 5) is 2.15. The molecule has 3 heteroatoms. The van der Waals surface area contributed by atoms with Crippen LogP contribution in [-0.4, -0.2) is 43.5 Å². The van der Waals surface area contributed by atoms with Crippen LogP contribution in [0.25, 0.3) is 0 Å². The summed E-state index contributed by atoms with van der Waals surface area (Å²) in [7, 11) is 4.11. The van der Waals surface area contributed by atoms with E-state index in [-0.39, 0.29) is 0 Å². The first-order valence-corrected chi connectivity index (χ1v) is 4.61. The minimum absolute atomic E-state index is 0.565. The molecule has 74 valence electrons. The highest BCUT2D eigenvalue weighted by Crippen LogP contribution is 1.96. The molecule has 1 atom stereocenters. The molecular formula is C9H21NO2. The fraction of sp³-hybridized carbons (Fsp3) is 1.00. The Hall–Kier alpha value is -0.120. The summed E-state index contributed by atoms with van der Waals surface area (Å²) >= 11 is 0. The smallest absolute Gasteiger partial charge is 0.154 e. The van der Waals surface area contributed by atoms with Crippen molar-refractivity contribution in [1.82, 2.24) is 4.90 Å². The molecule has 0 aliphatic carbocycles. The highest BCUT2D eigenvalue weighted by molar-refractivity contribution is 4.45. The van der Waals surface area contributed by atoms with Crippen molar-refractivity contribution in [1.29, 1.82) is 0 Å². The molecular weight excluding hydrogens is 154 g/mol.